The first kappa shape index (κ1) is 17.3. The van der Waals surface area contributed by atoms with E-state index in [2.05, 4.69) is 5.32 Å². The molecule has 1 fully saturated rings. The highest BCUT2D eigenvalue weighted by atomic mass is 19.2. The topological polar surface area (TPSA) is 32.3 Å². The molecule has 1 aliphatic rings. The van der Waals surface area contributed by atoms with Crippen LogP contribution in [0.25, 0.3) is 0 Å². The van der Waals surface area contributed by atoms with Crippen molar-refractivity contribution in [2.45, 2.75) is 12.8 Å². The summed E-state index contributed by atoms with van der Waals surface area (Å²) in [5.41, 5.74) is 1.01. The molecular formula is C19H19F3N2O. The molecule has 0 spiro atoms. The second-order valence-corrected chi connectivity index (χ2v) is 6.27. The predicted octanol–water partition coefficient (Wildman–Crippen LogP) is 3.29. The molecule has 1 aliphatic heterocycles. The Morgan fingerprint density at radius 1 is 1.08 bits per heavy atom. The maximum absolute atomic E-state index is 13.5. The molecule has 0 aliphatic carbocycles. The van der Waals surface area contributed by atoms with E-state index in [1.807, 2.05) is 4.90 Å². The van der Waals surface area contributed by atoms with Crippen molar-refractivity contribution in [2.75, 3.05) is 24.5 Å². The molecule has 132 valence electrons. The fraction of sp³-hybridized carbons (Fsp3) is 0.316. The lowest BCUT2D eigenvalue weighted by Crippen LogP contribution is -2.32. The third-order valence-electron chi connectivity index (χ3n) is 4.45. The molecule has 1 saturated heterocycles. The number of amides is 1. The summed E-state index contributed by atoms with van der Waals surface area (Å²) in [6, 6.07) is 10.1. The molecule has 25 heavy (non-hydrogen) atoms. The minimum Gasteiger partial charge on any atom is -0.371 e. The number of hydrogen-bond donors (Lipinski definition) is 1. The van der Waals surface area contributed by atoms with E-state index in [9.17, 15) is 18.0 Å². The van der Waals surface area contributed by atoms with Gasteiger partial charge in [0.15, 0.2) is 11.6 Å². The number of benzene rings is 2. The Balaban J connectivity index is 1.49. The van der Waals surface area contributed by atoms with E-state index in [1.165, 1.54) is 12.1 Å². The van der Waals surface area contributed by atoms with Gasteiger partial charge in [-0.05, 0) is 36.1 Å². The number of carbonyl (C=O) groups is 1. The minimum absolute atomic E-state index is 0.00623. The second kappa shape index (κ2) is 7.59. The summed E-state index contributed by atoms with van der Waals surface area (Å²) >= 11 is 0. The Morgan fingerprint density at radius 2 is 1.88 bits per heavy atom. The Hall–Kier alpha value is -2.50. The van der Waals surface area contributed by atoms with Gasteiger partial charge in [0.25, 0.3) is 0 Å². The van der Waals surface area contributed by atoms with Crippen LogP contribution in [0.3, 0.4) is 0 Å². The molecule has 0 unspecified atom stereocenters. The number of halogens is 3. The van der Waals surface area contributed by atoms with Gasteiger partial charge in [-0.3, -0.25) is 4.79 Å². The van der Waals surface area contributed by atoms with E-state index in [0.717, 1.165) is 19.0 Å². The van der Waals surface area contributed by atoms with Crippen LogP contribution in [0.2, 0.25) is 0 Å². The normalized spacial score (nSPS) is 16.9. The fourth-order valence-electron chi connectivity index (χ4n) is 3.05. The molecule has 1 heterocycles. The third-order valence-corrected chi connectivity index (χ3v) is 4.45. The van der Waals surface area contributed by atoms with Crippen molar-refractivity contribution in [3.05, 3.63) is 65.5 Å². The first-order valence-corrected chi connectivity index (χ1v) is 8.23. The van der Waals surface area contributed by atoms with Crippen LogP contribution < -0.4 is 10.2 Å². The second-order valence-electron chi connectivity index (χ2n) is 6.27. The molecule has 1 N–H and O–H groups in total. The number of hydrogen-bond acceptors (Lipinski definition) is 2. The molecule has 0 radical (unpaired) electrons. The van der Waals surface area contributed by atoms with Crippen LogP contribution in [-0.4, -0.2) is 25.5 Å². The minimum atomic E-state index is -0.862. The van der Waals surface area contributed by atoms with Crippen LogP contribution in [-0.2, 0) is 11.2 Å². The zero-order valence-electron chi connectivity index (χ0n) is 13.6. The van der Waals surface area contributed by atoms with Crippen molar-refractivity contribution >= 4 is 11.6 Å². The first-order chi connectivity index (χ1) is 12.0. The molecule has 1 atom stereocenters. The summed E-state index contributed by atoms with van der Waals surface area (Å²) in [7, 11) is 0. The standard InChI is InChI=1S/C19H19F3N2O/c20-16-4-2-1-3-14(16)9-19(25)23-11-13-7-8-24(12-13)15-5-6-17(21)18(22)10-15/h1-6,10,13H,7-9,11-12H2,(H,23,25)/t13-/m1/s1. The highest BCUT2D eigenvalue weighted by Crippen LogP contribution is 2.25. The van der Waals surface area contributed by atoms with E-state index in [0.29, 0.717) is 24.3 Å². The Bertz CT molecular complexity index is 766. The van der Waals surface area contributed by atoms with E-state index in [-0.39, 0.29) is 24.1 Å². The monoisotopic (exact) mass is 348 g/mol. The molecule has 2 aromatic carbocycles. The molecule has 3 rings (SSSR count). The summed E-state index contributed by atoms with van der Waals surface area (Å²) in [6.07, 6.45) is 0.852. The van der Waals surface area contributed by atoms with Gasteiger partial charge >= 0.3 is 0 Å². The van der Waals surface area contributed by atoms with Gasteiger partial charge in [-0.25, -0.2) is 13.2 Å². The van der Waals surface area contributed by atoms with Crippen LogP contribution in [0.1, 0.15) is 12.0 Å². The number of carbonyl (C=O) groups excluding carboxylic acids is 1. The number of anilines is 1. The molecule has 0 bridgehead atoms. The van der Waals surface area contributed by atoms with Crippen LogP contribution in [0.4, 0.5) is 18.9 Å². The van der Waals surface area contributed by atoms with Gasteiger partial charge in [-0.15, -0.1) is 0 Å². The van der Waals surface area contributed by atoms with E-state index >= 15 is 0 Å². The molecular weight excluding hydrogens is 329 g/mol. The molecule has 0 saturated carbocycles. The van der Waals surface area contributed by atoms with Crippen LogP contribution in [0.15, 0.2) is 42.5 Å². The zero-order valence-corrected chi connectivity index (χ0v) is 13.6. The van der Waals surface area contributed by atoms with Crippen molar-refractivity contribution in [1.82, 2.24) is 5.32 Å². The van der Waals surface area contributed by atoms with Gasteiger partial charge < -0.3 is 10.2 Å². The Morgan fingerprint density at radius 3 is 2.64 bits per heavy atom. The molecule has 1 amide bonds. The van der Waals surface area contributed by atoms with Crippen molar-refractivity contribution in [1.29, 1.82) is 0 Å². The Kier molecular flexibility index (Phi) is 5.26. The molecule has 6 heteroatoms. The fourth-order valence-corrected chi connectivity index (χ4v) is 3.05. The summed E-state index contributed by atoms with van der Waals surface area (Å²) < 4.78 is 39.9. The highest BCUT2D eigenvalue weighted by molar-refractivity contribution is 5.78. The summed E-state index contributed by atoms with van der Waals surface area (Å²) in [5.74, 6) is -2.11. The lowest BCUT2D eigenvalue weighted by atomic mass is 10.1. The van der Waals surface area contributed by atoms with Crippen LogP contribution >= 0.6 is 0 Å². The van der Waals surface area contributed by atoms with E-state index in [4.69, 9.17) is 0 Å². The SMILES string of the molecule is O=C(Cc1ccccc1F)NC[C@H]1CCN(c2ccc(F)c(F)c2)C1. The maximum atomic E-state index is 13.5. The van der Waals surface area contributed by atoms with Crippen molar-refractivity contribution in [3.63, 3.8) is 0 Å². The van der Waals surface area contributed by atoms with Crippen molar-refractivity contribution < 1.29 is 18.0 Å². The number of nitrogens with zero attached hydrogens (tertiary/aromatic N) is 1. The lowest BCUT2D eigenvalue weighted by Gasteiger charge is -2.19. The van der Waals surface area contributed by atoms with Gasteiger partial charge in [0.1, 0.15) is 5.82 Å². The summed E-state index contributed by atoms with van der Waals surface area (Å²) in [4.78, 5) is 13.9. The average Bonchev–Trinajstić information content (AvgIpc) is 3.07. The summed E-state index contributed by atoms with van der Waals surface area (Å²) in [6.45, 7) is 1.86. The predicted molar refractivity (Wildman–Crippen MR) is 89.8 cm³/mol. The molecule has 0 aromatic heterocycles. The first-order valence-electron chi connectivity index (χ1n) is 8.23. The maximum Gasteiger partial charge on any atom is 0.224 e. The van der Waals surface area contributed by atoms with Crippen molar-refractivity contribution in [3.8, 4) is 0 Å². The van der Waals surface area contributed by atoms with Crippen LogP contribution in [0.5, 0.6) is 0 Å². The average molecular weight is 348 g/mol. The summed E-state index contributed by atoms with van der Waals surface area (Å²) in [5, 5.41) is 2.83. The van der Waals surface area contributed by atoms with Gasteiger partial charge in [-0.1, -0.05) is 18.2 Å². The van der Waals surface area contributed by atoms with Gasteiger partial charge in [0.05, 0.1) is 6.42 Å². The number of rotatable bonds is 5. The smallest absolute Gasteiger partial charge is 0.224 e. The Labute approximate surface area is 144 Å². The quantitative estimate of drug-likeness (QED) is 0.899. The van der Waals surface area contributed by atoms with Crippen molar-refractivity contribution in [2.24, 2.45) is 5.92 Å². The third kappa shape index (κ3) is 4.32. The van der Waals surface area contributed by atoms with Gasteiger partial charge in [0, 0.05) is 31.4 Å². The molecule has 2 aromatic rings. The van der Waals surface area contributed by atoms with E-state index in [1.54, 1.807) is 24.3 Å². The van der Waals surface area contributed by atoms with Crippen LogP contribution in [0, 0.1) is 23.4 Å². The van der Waals surface area contributed by atoms with E-state index < -0.39 is 11.6 Å². The molecule has 3 nitrogen and oxygen atoms in total. The van der Waals surface area contributed by atoms with Gasteiger partial charge in [-0.2, -0.15) is 0 Å². The highest BCUT2D eigenvalue weighted by Gasteiger charge is 2.23. The largest absolute Gasteiger partial charge is 0.371 e. The number of nitrogens with one attached hydrogen (secondary N) is 1. The lowest BCUT2D eigenvalue weighted by molar-refractivity contribution is -0.120. The zero-order chi connectivity index (χ0) is 17.8. The van der Waals surface area contributed by atoms with Gasteiger partial charge in [0.2, 0.25) is 5.91 Å².